The molecular formula is C8H5ClO4. The summed E-state index contributed by atoms with van der Waals surface area (Å²) in [6, 6.07) is 2.04. The van der Waals surface area contributed by atoms with Gasteiger partial charge in [0.2, 0.25) is 0 Å². The topological polar surface area (TPSA) is 74.6 Å². The van der Waals surface area contributed by atoms with Crippen LogP contribution in [0.4, 0.5) is 0 Å². The van der Waals surface area contributed by atoms with Crippen LogP contribution in [-0.4, -0.2) is 22.5 Å². The highest BCUT2D eigenvalue weighted by Gasteiger charge is 2.12. The molecule has 0 amide bonds. The Hall–Kier alpha value is -1.55. The first-order valence-corrected chi connectivity index (χ1v) is 3.65. The monoisotopic (exact) mass is 200 g/mol. The summed E-state index contributed by atoms with van der Waals surface area (Å²) < 4.78 is 0. The molecule has 0 aliphatic heterocycles. The first kappa shape index (κ1) is 9.54. The van der Waals surface area contributed by atoms with Crippen LogP contribution in [0.25, 0.3) is 0 Å². The van der Waals surface area contributed by atoms with Crippen LogP contribution in [0, 0.1) is 0 Å². The molecule has 13 heavy (non-hydrogen) atoms. The number of benzene rings is 1. The molecule has 0 aliphatic rings. The Labute approximate surface area is 78.4 Å². The van der Waals surface area contributed by atoms with Crippen LogP contribution in [0.5, 0.6) is 5.75 Å². The van der Waals surface area contributed by atoms with Crippen molar-refractivity contribution < 1.29 is 19.8 Å². The summed E-state index contributed by atoms with van der Waals surface area (Å²) in [7, 11) is 0. The fourth-order valence-corrected chi connectivity index (χ4v) is 1.09. The number of hydrogen-bond acceptors (Lipinski definition) is 3. The predicted molar refractivity (Wildman–Crippen MR) is 45.5 cm³/mol. The molecule has 0 atom stereocenters. The van der Waals surface area contributed by atoms with Gasteiger partial charge in [-0.3, -0.25) is 4.79 Å². The van der Waals surface area contributed by atoms with Crippen LogP contribution >= 0.6 is 11.6 Å². The molecule has 0 bridgehead atoms. The molecule has 0 saturated heterocycles. The van der Waals surface area contributed by atoms with E-state index in [2.05, 4.69) is 0 Å². The smallest absolute Gasteiger partial charge is 0.337 e. The Morgan fingerprint density at radius 2 is 2.08 bits per heavy atom. The van der Waals surface area contributed by atoms with Gasteiger partial charge in [0.1, 0.15) is 5.75 Å². The van der Waals surface area contributed by atoms with Gasteiger partial charge in [-0.2, -0.15) is 0 Å². The molecule has 0 unspecified atom stereocenters. The Morgan fingerprint density at radius 3 is 2.54 bits per heavy atom. The van der Waals surface area contributed by atoms with Crippen molar-refractivity contribution in [2.24, 2.45) is 0 Å². The molecule has 0 aromatic heterocycles. The third-order valence-electron chi connectivity index (χ3n) is 1.47. The van der Waals surface area contributed by atoms with E-state index in [1.807, 2.05) is 0 Å². The standard InChI is InChI=1S/C8H5ClO4/c9-6-1-4(3-10)7(11)2-5(6)8(12)13/h1-3,11H,(H,12,13). The summed E-state index contributed by atoms with van der Waals surface area (Å²) in [6.07, 6.45) is 0.396. The SMILES string of the molecule is O=Cc1cc(Cl)c(C(=O)O)cc1O. The zero-order chi connectivity index (χ0) is 10.0. The van der Waals surface area contributed by atoms with E-state index >= 15 is 0 Å². The first-order valence-electron chi connectivity index (χ1n) is 3.27. The Balaban J connectivity index is 3.36. The number of hydrogen-bond donors (Lipinski definition) is 2. The average Bonchev–Trinajstić information content (AvgIpc) is 2.07. The normalized spacial score (nSPS) is 9.62. The van der Waals surface area contributed by atoms with Gasteiger partial charge in [-0.15, -0.1) is 0 Å². The lowest BCUT2D eigenvalue weighted by molar-refractivity contribution is 0.0696. The number of halogens is 1. The molecular weight excluding hydrogens is 196 g/mol. The number of phenolic OH excluding ortho intramolecular Hbond substituents is 1. The summed E-state index contributed by atoms with van der Waals surface area (Å²) in [5, 5.41) is 17.6. The van der Waals surface area contributed by atoms with Crippen molar-refractivity contribution in [3.63, 3.8) is 0 Å². The second kappa shape index (κ2) is 3.45. The van der Waals surface area contributed by atoms with E-state index in [9.17, 15) is 9.59 Å². The average molecular weight is 201 g/mol. The van der Waals surface area contributed by atoms with E-state index in [-0.39, 0.29) is 16.1 Å². The van der Waals surface area contributed by atoms with E-state index in [1.165, 1.54) is 0 Å². The zero-order valence-electron chi connectivity index (χ0n) is 6.32. The number of phenols is 1. The maximum absolute atomic E-state index is 10.5. The van der Waals surface area contributed by atoms with Crippen molar-refractivity contribution in [3.05, 3.63) is 28.3 Å². The Bertz CT molecular complexity index is 373. The fourth-order valence-electron chi connectivity index (χ4n) is 0.835. The highest BCUT2D eigenvalue weighted by molar-refractivity contribution is 6.33. The lowest BCUT2D eigenvalue weighted by atomic mass is 10.1. The lowest BCUT2D eigenvalue weighted by Crippen LogP contribution is -1.98. The third-order valence-corrected chi connectivity index (χ3v) is 1.79. The summed E-state index contributed by atoms with van der Waals surface area (Å²) in [5.74, 6) is -1.64. The predicted octanol–water partition coefficient (Wildman–Crippen LogP) is 1.56. The highest BCUT2D eigenvalue weighted by Crippen LogP contribution is 2.24. The first-order chi connectivity index (χ1) is 6.06. The van der Waals surface area contributed by atoms with Gasteiger partial charge in [0, 0.05) is 0 Å². The third kappa shape index (κ3) is 1.78. The molecule has 1 rings (SSSR count). The van der Waals surface area contributed by atoms with E-state index in [1.54, 1.807) is 0 Å². The van der Waals surface area contributed by atoms with Gasteiger partial charge in [0.05, 0.1) is 16.1 Å². The highest BCUT2D eigenvalue weighted by atomic mass is 35.5. The molecule has 0 heterocycles. The van der Waals surface area contributed by atoms with Crippen molar-refractivity contribution in [2.75, 3.05) is 0 Å². The minimum atomic E-state index is -1.25. The largest absolute Gasteiger partial charge is 0.507 e. The van der Waals surface area contributed by atoms with Gasteiger partial charge in [0.25, 0.3) is 0 Å². The zero-order valence-corrected chi connectivity index (χ0v) is 7.08. The van der Waals surface area contributed by atoms with Crippen molar-refractivity contribution in [2.45, 2.75) is 0 Å². The van der Waals surface area contributed by atoms with Gasteiger partial charge in [0.15, 0.2) is 6.29 Å². The van der Waals surface area contributed by atoms with Crippen molar-refractivity contribution in [1.29, 1.82) is 0 Å². The molecule has 2 N–H and O–H groups in total. The molecule has 4 nitrogen and oxygen atoms in total. The molecule has 0 radical (unpaired) electrons. The maximum Gasteiger partial charge on any atom is 0.337 e. The van der Waals surface area contributed by atoms with E-state index < -0.39 is 11.7 Å². The minimum Gasteiger partial charge on any atom is -0.507 e. The van der Waals surface area contributed by atoms with Gasteiger partial charge >= 0.3 is 5.97 Å². The molecule has 0 spiro atoms. The molecule has 5 heteroatoms. The molecule has 0 saturated carbocycles. The van der Waals surface area contributed by atoms with Gasteiger partial charge in [-0.05, 0) is 12.1 Å². The molecule has 0 aliphatic carbocycles. The Morgan fingerprint density at radius 1 is 1.46 bits per heavy atom. The summed E-state index contributed by atoms with van der Waals surface area (Å²) in [4.78, 5) is 20.8. The number of carboxylic acid groups (broad SMARTS) is 1. The Kier molecular flexibility index (Phi) is 2.53. The number of aromatic hydroxyl groups is 1. The number of aldehydes is 1. The van der Waals surface area contributed by atoms with Gasteiger partial charge < -0.3 is 10.2 Å². The second-order valence-corrected chi connectivity index (χ2v) is 2.72. The van der Waals surface area contributed by atoms with Crippen LogP contribution in [-0.2, 0) is 0 Å². The maximum atomic E-state index is 10.5. The van der Waals surface area contributed by atoms with E-state index in [4.69, 9.17) is 21.8 Å². The quantitative estimate of drug-likeness (QED) is 0.711. The van der Waals surface area contributed by atoms with Crippen molar-refractivity contribution in [1.82, 2.24) is 0 Å². The van der Waals surface area contributed by atoms with Crippen LogP contribution in [0.2, 0.25) is 5.02 Å². The van der Waals surface area contributed by atoms with Gasteiger partial charge in [-0.25, -0.2) is 4.79 Å². The fraction of sp³-hybridized carbons (Fsp3) is 0. The number of carbonyl (C=O) groups is 2. The number of rotatable bonds is 2. The number of aromatic carboxylic acids is 1. The van der Waals surface area contributed by atoms with Gasteiger partial charge in [-0.1, -0.05) is 11.6 Å². The van der Waals surface area contributed by atoms with Crippen LogP contribution in [0.3, 0.4) is 0 Å². The molecule has 68 valence electrons. The van der Waals surface area contributed by atoms with Crippen LogP contribution < -0.4 is 0 Å². The molecule has 1 aromatic rings. The molecule has 0 fully saturated rings. The van der Waals surface area contributed by atoms with E-state index in [0.29, 0.717) is 6.29 Å². The number of carboxylic acids is 1. The second-order valence-electron chi connectivity index (χ2n) is 2.31. The summed E-state index contributed by atoms with van der Waals surface area (Å²) >= 11 is 5.52. The summed E-state index contributed by atoms with van der Waals surface area (Å²) in [6.45, 7) is 0. The van der Waals surface area contributed by atoms with Crippen molar-refractivity contribution in [3.8, 4) is 5.75 Å². The van der Waals surface area contributed by atoms with Crippen molar-refractivity contribution >= 4 is 23.9 Å². The summed E-state index contributed by atoms with van der Waals surface area (Å²) in [5.41, 5.74) is -0.264. The number of carbonyl (C=O) groups excluding carboxylic acids is 1. The molecule has 1 aromatic carbocycles. The van der Waals surface area contributed by atoms with Crippen LogP contribution in [0.15, 0.2) is 12.1 Å². The van der Waals surface area contributed by atoms with Crippen LogP contribution in [0.1, 0.15) is 20.7 Å². The lowest BCUT2D eigenvalue weighted by Gasteiger charge is -2.01. The van der Waals surface area contributed by atoms with E-state index in [0.717, 1.165) is 12.1 Å². The minimum absolute atomic E-state index is 0.0324.